The van der Waals surface area contributed by atoms with E-state index in [4.69, 9.17) is 4.74 Å². The molecule has 1 aliphatic heterocycles. The number of hydrogen-bond donors (Lipinski definition) is 2. The van der Waals surface area contributed by atoms with Crippen molar-refractivity contribution < 1.29 is 28.7 Å². The molecule has 0 radical (unpaired) electrons. The molecule has 1 aliphatic carbocycles. The molecule has 1 saturated heterocycles. The van der Waals surface area contributed by atoms with Gasteiger partial charge in [0.05, 0.1) is 0 Å². The lowest BCUT2D eigenvalue weighted by molar-refractivity contribution is -0.150. The molecule has 2 aliphatic rings. The minimum absolute atomic E-state index is 0.153. The Morgan fingerprint density at radius 3 is 2.29 bits per heavy atom. The van der Waals surface area contributed by atoms with Crippen LogP contribution in [0, 0.1) is 11.3 Å². The number of esters is 1. The van der Waals surface area contributed by atoms with Crippen LogP contribution in [0.3, 0.4) is 0 Å². The Balaban J connectivity index is 1.55. The fourth-order valence-electron chi connectivity index (χ4n) is 4.43. The molecule has 1 atom stereocenters. The molecule has 35 heavy (non-hydrogen) atoms. The molecule has 0 bridgehead atoms. The molecule has 1 heterocycles. The second kappa shape index (κ2) is 10.2. The van der Waals surface area contributed by atoms with Gasteiger partial charge in [-0.25, -0.2) is 4.79 Å². The molecule has 2 fully saturated rings. The summed E-state index contributed by atoms with van der Waals surface area (Å²) in [7, 11) is 0. The first-order valence-corrected chi connectivity index (χ1v) is 12.2. The summed E-state index contributed by atoms with van der Waals surface area (Å²) in [6.07, 6.45) is 2.75. The molecule has 190 valence electrons. The maximum Gasteiger partial charge on any atom is 0.326 e. The van der Waals surface area contributed by atoms with Gasteiger partial charge in [-0.1, -0.05) is 34.1 Å². The first-order chi connectivity index (χ1) is 16.4. The Bertz CT molecular complexity index is 1000. The van der Waals surface area contributed by atoms with Gasteiger partial charge in [-0.3, -0.25) is 24.1 Å². The number of carbonyl (C=O) groups excluding carboxylic acids is 5. The lowest BCUT2D eigenvalue weighted by Gasteiger charge is -2.34. The van der Waals surface area contributed by atoms with Gasteiger partial charge in [-0.05, 0) is 62.8 Å². The quantitative estimate of drug-likeness (QED) is 0.345. The number of rotatable bonds is 7. The van der Waals surface area contributed by atoms with Crippen LogP contribution in [0.5, 0.6) is 0 Å². The molecule has 1 saturated carbocycles. The first kappa shape index (κ1) is 26.4. The van der Waals surface area contributed by atoms with Crippen LogP contribution in [0.4, 0.5) is 10.5 Å². The number of urea groups is 1. The Kier molecular flexibility index (Phi) is 7.67. The molecule has 4 amide bonds. The zero-order valence-corrected chi connectivity index (χ0v) is 21.1. The summed E-state index contributed by atoms with van der Waals surface area (Å²) in [6.45, 7) is 8.40. The van der Waals surface area contributed by atoms with Gasteiger partial charge in [0, 0.05) is 16.7 Å². The van der Waals surface area contributed by atoms with Crippen molar-refractivity contribution in [3.63, 3.8) is 0 Å². The number of nitrogens with zero attached hydrogens (tertiary/aromatic N) is 1. The predicted molar refractivity (Wildman–Crippen MR) is 130 cm³/mol. The average molecular weight is 486 g/mol. The van der Waals surface area contributed by atoms with E-state index >= 15 is 0 Å². The van der Waals surface area contributed by atoms with Gasteiger partial charge >= 0.3 is 12.0 Å². The zero-order valence-electron chi connectivity index (χ0n) is 21.1. The maximum absolute atomic E-state index is 13.0. The summed E-state index contributed by atoms with van der Waals surface area (Å²) in [5.74, 6) is -1.28. The summed E-state index contributed by atoms with van der Waals surface area (Å²) in [4.78, 5) is 63.6. The third-order valence-electron chi connectivity index (χ3n) is 6.86. The summed E-state index contributed by atoms with van der Waals surface area (Å²) >= 11 is 0. The number of ketones is 1. The van der Waals surface area contributed by atoms with Crippen molar-refractivity contribution in [2.45, 2.75) is 78.4 Å². The fraction of sp³-hybridized carbons (Fsp3) is 0.577. The average Bonchev–Trinajstić information content (AvgIpc) is 3.02. The first-order valence-electron chi connectivity index (χ1n) is 12.2. The summed E-state index contributed by atoms with van der Waals surface area (Å²) < 4.78 is 5.24. The highest BCUT2D eigenvalue weighted by Crippen LogP contribution is 2.37. The van der Waals surface area contributed by atoms with Crippen molar-refractivity contribution in [1.29, 1.82) is 0 Å². The monoisotopic (exact) mass is 485 g/mol. The minimum atomic E-state index is -1.10. The van der Waals surface area contributed by atoms with Crippen LogP contribution in [0.1, 0.15) is 77.1 Å². The third kappa shape index (κ3) is 5.89. The number of imide groups is 1. The van der Waals surface area contributed by atoms with Crippen LogP contribution in [0.2, 0.25) is 0 Å². The van der Waals surface area contributed by atoms with Crippen LogP contribution in [0.25, 0.3) is 0 Å². The van der Waals surface area contributed by atoms with Gasteiger partial charge in [0.15, 0.2) is 6.10 Å². The van der Waals surface area contributed by atoms with Gasteiger partial charge in [-0.15, -0.1) is 0 Å². The number of carbonyl (C=O) groups is 5. The van der Waals surface area contributed by atoms with Crippen LogP contribution >= 0.6 is 0 Å². The van der Waals surface area contributed by atoms with E-state index in [0.717, 1.165) is 24.2 Å². The van der Waals surface area contributed by atoms with E-state index < -0.39 is 47.3 Å². The van der Waals surface area contributed by atoms with Crippen LogP contribution in [0.15, 0.2) is 24.3 Å². The van der Waals surface area contributed by atoms with Crippen LogP contribution < -0.4 is 10.6 Å². The van der Waals surface area contributed by atoms with E-state index in [1.54, 1.807) is 45.0 Å². The Hall–Kier alpha value is -3.23. The Morgan fingerprint density at radius 1 is 1.14 bits per heavy atom. The fourth-order valence-corrected chi connectivity index (χ4v) is 4.43. The highest BCUT2D eigenvalue weighted by Gasteiger charge is 2.52. The summed E-state index contributed by atoms with van der Waals surface area (Å²) in [5.41, 5.74) is -0.638. The number of amides is 4. The number of ether oxygens (including phenoxy) is 1. The van der Waals surface area contributed by atoms with Crippen molar-refractivity contribution in [1.82, 2.24) is 10.2 Å². The molecule has 9 heteroatoms. The summed E-state index contributed by atoms with van der Waals surface area (Å²) in [5, 5.41) is 5.56. The van der Waals surface area contributed by atoms with Gasteiger partial charge in [0.2, 0.25) is 11.7 Å². The van der Waals surface area contributed by atoms with Gasteiger partial charge in [0.25, 0.3) is 5.91 Å². The number of hydrogen-bond acceptors (Lipinski definition) is 6. The number of nitrogens with one attached hydrogen (secondary N) is 2. The van der Waals surface area contributed by atoms with E-state index in [0.29, 0.717) is 30.0 Å². The molecule has 9 nitrogen and oxygen atoms in total. The lowest BCUT2D eigenvalue weighted by atomic mass is 9.75. The number of anilines is 1. The highest BCUT2D eigenvalue weighted by atomic mass is 16.5. The topological polar surface area (TPSA) is 122 Å². The number of Topliss-reactive ketones (excluding diaryl/α,β-unsaturated/α-hetero) is 1. The molecule has 0 aromatic heterocycles. The smallest absolute Gasteiger partial charge is 0.326 e. The molecular formula is C26H35N3O6. The molecule has 1 unspecified atom stereocenters. The molecule has 1 spiro atoms. The molecule has 2 N–H and O–H groups in total. The van der Waals surface area contributed by atoms with Crippen molar-refractivity contribution in [2.24, 2.45) is 11.3 Å². The SMILES string of the molecule is CCC1CCC2(CC1)NC(=O)N(CC(=O)OC(C)C(=O)c1ccc(NC(=O)C(C)(C)C)cc1)C2=O. The van der Waals surface area contributed by atoms with Crippen molar-refractivity contribution in [3.05, 3.63) is 29.8 Å². The third-order valence-corrected chi connectivity index (χ3v) is 6.86. The second-order valence-electron chi connectivity index (χ2n) is 10.5. The van der Waals surface area contributed by atoms with Gasteiger partial charge < -0.3 is 15.4 Å². The van der Waals surface area contributed by atoms with Crippen molar-refractivity contribution >= 4 is 35.3 Å². The Morgan fingerprint density at radius 2 is 1.74 bits per heavy atom. The van der Waals surface area contributed by atoms with E-state index in [2.05, 4.69) is 17.6 Å². The van der Waals surface area contributed by atoms with E-state index in [9.17, 15) is 24.0 Å². The molecular weight excluding hydrogens is 450 g/mol. The largest absolute Gasteiger partial charge is 0.453 e. The standard InChI is InChI=1S/C26H35N3O6/c1-6-17-11-13-26(14-12-17)23(33)29(24(34)28-26)15-20(30)35-16(2)21(31)18-7-9-19(10-8-18)27-22(32)25(3,4)5/h7-10,16-17H,6,11-15H2,1-5H3,(H,27,32)(H,28,34). The molecule has 1 aromatic rings. The van der Waals surface area contributed by atoms with E-state index in [1.165, 1.54) is 6.92 Å². The lowest BCUT2D eigenvalue weighted by Crippen LogP contribution is -2.49. The zero-order chi connectivity index (χ0) is 26.0. The van der Waals surface area contributed by atoms with Crippen molar-refractivity contribution in [2.75, 3.05) is 11.9 Å². The van der Waals surface area contributed by atoms with Crippen LogP contribution in [-0.2, 0) is 19.1 Å². The maximum atomic E-state index is 13.0. The highest BCUT2D eigenvalue weighted by molar-refractivity contribution is 6.09. The predicted octanol–water partition coefficient (Wildman–Crippen LogP) is 3.68. The molecule has 3 rings (SSSR count). The normalized spacial score (nSPS) is 23.1. The minimum Gasteiger partial charge on any atom is -0.453 e. The van der Waals surface area contributed by atoms with Crippen molar-refractivity contribution in [3.8, 4) is 0 Å². The summed E-state index contributed by atoms with van der Waals surface area (Å²) in [6, 6.07) is 5.68. The second-order valence-corrected chi connectivity index (χ2v) is 10.5. The van der Waals surface area contributed by atoms with E-state index in [-0.39, 0.29) is 5.91 Å². The van der Waals surface area contributed by atoms with Crippen LogP contribution in [-0.4, -0.2) is 52.7 Å². The Labute approximate surface area is 205 Å². The van der Waals surface area contributed by atoms with Gasteiger partial charge in [-0.2, -0.15) is 0 Å². The van der Waals surface area contributed by atoms with E-state index in [1.807, 2.05) is 0 Å². The molecule has 1 aromatic carbocycles. The number of benzene rings is 1. The van der Waals surface area contributed by atoms with Gasteiger partial charge in [0.1, 0.15) is 12.1 Å².